The van der Waals surface area contributed by atoms with E-state index in [0.717, 1.165) is 14.3 Å². The Morgan fingerprint density at radius 2 is 2.19 bits per heavy atom. The van der Waals surface area contributed by atoms with Crippen LogP contribution in [0.3, 0.4) is 0 Å². The van der Waals surface area contributed by atoms with Crippen molar-refractivity contribution in [2.75, 3.05) is 0 Å². The van der Waals surface area contributed by atoms with Crippen LogP contribution in [0.5, 0.6) is 0 Å². The number of halogens is 1. The van der Waals surface area contributed by atoms with E-state index in [4.69, 9.17) is 5.26 Å². The summed E-state index contributed by atoms with van der Waals surface area (Å²) < 4.78 is 1.03. The molecule has 16 heavy (non-hydrogen) atoms. The van der Waals surface area contributed by atoms with Crippen molar-refractivity contribution in [2.45, 2.75) is 9.79 Å². The molecule has 0 amide bonds. The fourth-order valence-electron chi connectivity index (χ4n) is 1.21. The molecule has 78 valence electrons. The standard InChI is InChI=1S/C12H7BrN2S/c13-10-2-1-3-11(6-10)16-12-8-15-5-4-9(12)7-14/h1-6,8H. The first-order valence-electron chi connectivity index (χ1n) is 4.57. The first-order chi connectivity index (χ1) is 7.79. The first-order valence-corrected chi connectivity index (χ1v) is 6.18. The molecule has 2 nitrogen and oxygen atoms in total. The zero-order chi connectivity index (χ0) is 11.4. The van der Waals surface area contributed by atoms with Crippen LogP contribution in [0, 0.1) is 11.3 Å². The van der Waals surface area contributed by atoms with E-state index in [2.05, 4.69) is 27.0 Å². The average molecular weight is 291 g/mol. The van der Waals surface area contributed by atoms with Crippen LogP contribution >= 0.6 is 27.7 Å². The number of aromatic nitrogens is 1. The van der Waals surface area contributed by atoms with E-state index in [0.29, 0.717) is 5.56 Å². The van der Waals surface area contributed by atoms with Gasteiger partial charge in [0.25, 0.3) is 0 Å². The molecule has 0 aliphatic carbocycles. The predicted molar refractivity (Wildman–Crippen MR) is 67.2 cm³/mol. The van der Waals surface area contributed by atoms with Crippen LogP contribution in [-0.2, 0) is 0 Å². The maximum Gasteiger partial charge on any atom is 0.100 e. The van der Waals surface area contributed by atoms with Gasteiger partial charge in [-0.15, -0.1) is 0 Å². The third-order valence-electron chi connectivity index (χ3n) is 1.93. The van der Waals surface area contributed by atoms with E-state index in [1.165, 1.54) is 11.8 Å². The molecular weight excluding hydrogens is 284 g/mol. The van der Waals surface area contributed by atoms with Crippen molar-refractivity contribution in [3.63, 3.8) is 0 Å². The lowest BCUT2D eigenvalue weighted by Crippen LogP contribution is -1.82. The minimum atomic E-state index is 0.653. The monoisotopic (exact) mass is 290 g/mol. The summed E-state index contributed by atoms with van der Waals surface area (Å²) in [5.41, 5.74) is 0.653. The van der Waals surface area contributed by atoms with Crippen LogP contribution in [-0.4, -0.2) is 4.98 Å². The molecule has 1 heterocycles. The highest BCUT2D eigenvalue weighted by atomic mass is 79.9. The molecule has 0 aliphatic rings. The third-order valence-corrected chi connectivity index (χ3v) is 3.46. The van der Waals surface area contributed by atoms with Crippen molar-refractivity contribution >= 4 is 27.7 Å². The summed E-state index contributed by atoms with van der Waals surface area (Å²) >= 11 is 4.96. The highest BCUT2D eigenvalue weighted by Crippen LogP contribution is 2.30. The van der Waals surface area contributed by atoms with Gasteiger partial charge in [0.2, 0.25) is 0 Å². The smallest absolute Gasteiger partial charge is 0.100 e. The Morgan fingerprint density at radius 3 is 2.94 bits per heavy atom. The number of pyridine rings is 1. The van der Waals surface area contributed by atoms with Crippen molar-refractivity contribution in [3.8, 4) is 6.07 Å². The molecule has 0 atom stereocenters. The molecule has 0 N–H and O–H groups in total. The van der Waals surface area contributed by atoms with Gasteiger partial charge in [0.15, 0.2) is 0 Å². The Balaban J connectivity index is 2.31. The molecule has 0 aliphatic heterocycles. The summed E-state index contributed by atoms with van der Waals surface area (Å²) in [7, 11) is 0. The lowest BCUT2D eigenvalue weighted by atomic mass is 10.3. The van der Waals surface area contributed by atoms with Crippen LogP contribution in [0.1, 0.15) is 5.56 Å². The molecule has 2 aromatic rings. The second-order valence-corrected chi connectivity index (χ2v) is 5.07. The fourth-order valence-corrected chi connectivity index (χ4v) is 2.69. The van der Waals surface area contributed by atoms with Gasteiger partial charge in [0.1, 0.15) is 6.07 Å². The molecular formula is C12H7BrN2S. The molecule has 2 rings (SSSR count). The maximum absolute atomic E-state index is 8.95. The van der Waals surface area contributed by atoms with Crippen molar-refractivity contribution in [1.82, 2.24) is 4.98 Å². The zero-order valence-corrected chi connectivity index (χ0v) is 10.6. The number of hydrogen-bond acceptors (Lipinski definition) is 3. The Kier molecular flexibility index (Phi) is 3.60. The molecule has 0 saturated heterocycles. The Hall–Kier alpha value is -1.31. The minimum absolute atomic E-state index is 0.653. The minimum Gasteiger partial charge on any atom is -0.263 e. The van der Waals surface area contributed by atoms with Crippen molar-refractivity contribution in [2.24, 2.45) is 0 Å². The van der Waals surface area contributed by atoms with E-state index in [-0.39, 0.29) is 0 Å². The molecule has 1 aromatic carbocycles. The molecule has 4 heteroatoms. The summed E-state index contributed by atoms with van der Waals surface area (Å²) in [6, 6.07) is 11.8. The van der Waals surface area contributed by atoms with Gasteiger partial charge < -0.3 is 0 Å². The van der Waals surface area contributed by atoms with Gasteiger partial charge >= 0.3 is 0 Å². The first kappa shape index (κ1) is 11.2. The van der Waals surface area contributed by atoms with Crippen molar-refractivity contribution < 1.29 is 0 Å². The largest absolute Gasteiger partial charge is 0.263 e. The van der Waals surface area contributed by atoms with Gasteiger partial charge in [-0.2, -0.15) is 5.26 Å². The lowest BCUT2D eigenvalue weighted by Gasteiger charge is -2.03. The van der Waals surface area contributed by atoms with Crippen LogP contribution in [0.2, 0.25) is 0 Å². The number of nitriles is 1. The number of hydrogen-bond donors (Lipinski definition) is 0. The lowest BCUT2D eigenvalue weighted by molar-refractivity contribution is 1.21. The van der Waals surface area contributed by atoms with Crippen LogP contribution in [0.25, 0.3) is 0 Å². The predicted octanol–water partition coefficient (Wildman–Crippen LogP) is 3.87. The van der Waals surface area contributed by atoms with Gasteiger partial charge in [-0.05, 0) is 24.3 Å². The highest BCUT2D eigenvalue weighted by molar-refractivity contribution is 9.10. The van der Waals surface area contributed by atoms with Gasteiger partial charge in [-0.25, -0.2) is 0 Å². The van der Waals surface area contributed by atoms with Gasteiger partial charge in [-0.1, -0.05) is 33.8 Å². The molecule has 0 saturated carbocycles. The highest BCUT2D eigenvalue weighted by Gasteiger charge is 2.03. The van der Waals surface area contributed by atoms with Crippen molar-refractivity contribution in [3.05, 3.63) is 52.8 Å². The molecule has 0 spiro atoms. The normalized spacial score (nSPS) is 9.75. The molecule has 0 fully saturated rings. The van der Waals surface area contributed by atoms with Gasteiger partial charge in [0.05, 0.1) is 5.56 Å². The summed E-state index contributed by atoms with van der Waals surface area (Å²) in [6.45, 7) is 0. The SMILES string of the molecule is N#Cc1ccncc1Sc1cccc(Br)c1. The maximum atomic E-state index is 8.95. The second kappa shape index (κ2) is 5.15. The Morgan fingerprint density at radius 1 is 1.31 bits per heavy atom. The number of benzene rings is 1. The third kappa shape index (κ3) is 2.63. The van der Waals surface area contributed by atoms with Crippen LogP contribution in [0.15, 0.2) is 57.0 Å². The second-order valence-electron chi connectivity index (χ2n) is 3.04. The zero-order valence-electron chi connectivity index (χ0n) is 8.22. The van der Waals surface area contributed by atoms with E-state index in [9.17, 15) is 0 Å². The van der Waals surface area contributed by atoms with E-state index in [1.54, 1.807) is 18.5 Å². The number of nitrogens with zero attached hydrogens (tertiary/aromatic N) is 2. The Bertz CT molecular complexity index is 549. The summed E-state index contributed by atoms with van der Waals surface area (Å²) in [5, 5.41) is 8.95. The molecule has 0 bridgehead atoms. The van der Waals surface area contributed by atoms with E-state index in [1.807, 2.05) is 24.3 Å². The fraction of sp³-hybridized carbons (Fsp3) is 0. The summed E-state index contributed by atoms with van der Waals surface area (Å²) in [5.74, 6) is 0. The summed E-state index contributed by atoms with van der Waals surface area (Å²) in [6.07, 6.45) is 3.34. The van der Waals surface area contributed by atoms with E-state index < -0.39 is 0 Å². The van der Waals surface area contributed by atoms with Gasteiger partial charge in [0, 0.05) is 26.7 Å². The molecule has 1 aromatic heterocycles. The molecule has 0 unspecified atom stereocenters. The summed E-state index contributed by atoms with van der Waals surface area (Å²) in [4.78, 5) is 5.99. The quantitative estimate of drug-likeness (QED) is 0.842. The molecule has 0 radical (unpaired) electrons. The van der Waals surface area contributed by atoms with E-state index >= 15 is 0 Å². The Labute approximate surface area is 106 Å². The van der Waals surface area contributed by atoms with Gasteiger partial charge in [-0.3, -0.25) is 4.98 Å². The number of rotatable bonds is 2. The van der Waals surface area contributed by atoms with Crippen molar-refractivity contribution in [1.29, 1.82) is 5.26 Å². The van der Waals surface area contributed by atoms with Crippen LogP contribution in [0.4, 0.5) is 0 Å². The topological polar surface area (TPSA) is 36.7 Å². The van der Waals surface area contributed by atoms with Crippen LogP contribution < -0.4 is 0 Å². The average Bonchev–Trinajstić information content (AvgIpc) is 2.30.